The van der Waals surface area contributed by atoms with Gasteiger partial charge in [-0.15, -0.1) is 22.7 Å². The maximum absolute atomic E-state index is 12.8. The number of carbonyl (C=O) groups excluding carboxylic acids is 1. The van der Waals surface area contributed by atoms with Gasteiger partial charge in [0, 0.05) is 18.5 Å². The van der Waals surface area contributed by atoms with Gasteiger partial charge in [0.15, 0.2) is 0 Å². The summed E-state index contributed by atoms with van der Waals surface area (Å²) >= 11 is 3.14. The molecule has 3 heterocycles. The molecular formula is C21H24N4OS2. The highest BCUT2D eigenvalue weighted by Gasteiger charge is 2.22. The minimum atomic E-state index is -0.157. The summed E-state index contributed by atoms with van der Waals surface area (Å²) < 4.78 is 0. The Morgan fingerprint density at radius 1 is 1.25 bits per heavy atom. The zero-order valence-corrected chi connectivity index (χ0v) is 17.5. The van der Waals surface area contributed by atoms with Crippen molar-refractivity contribution < 1.29 is 4.79 Å². The van der Waals surface area contributed by atoms with Crippen LogP contribution in [-0.4, -0.2) is 37.6 Å². The van der Waals surface area contributed by atoms with Crippen LogP contribution in [0.4, 0.5) is 11.4 Å². The maximum atomic E-state index is 12.8. The van der Waals surface area contributed by atoms with E-state index in [9.17, 15) is 4.79 Å². The summed E-state index contributed by atoms with van der Waals surface area (Å²) in [6.45, 7) is 3.05. The first-order chi connectivity index (χ1) is 13.7. The Balaban J connectivity index is 1.50. The molecular weight excluding hydrogens is 388 g/mol. The molecule has 3 aromatic rings. The van der Waals surface area contributed by atoms with Gasteiger partial charge in [0.05, 0.1) is 16.3 Å². The fraction of sp³-hybridized carbons (Fsp3) is 0.333. The van der Waals surface area contributed by atoms with Gasteiger partial charge in [-0.05, 0) is 55.9 Å². The van der Waals surface area contributed by atoms with E-state index in [1.165, 1.54) is 24.2 Å². The summed E-state index contributed by atoms with van der Waals surface area (Å²) in [6.07, 6.45) is 2.42. The molecule has 5 nitrogen and oxygen atoms in total. The number of nitrogens with one attached hydrogen (secondary N) is 2. The van der Waals surface area contributed by atoms with Crippen LogP contribution >= 0.6 is 22.7 Å². The van der Waals surface area contributed by atoms with Crippen molar-refractivity contribution in [2.24, 2.45) is 5.92 Å². The lowest BCUT2D eigenvalue weighted by molar-refractivity contribution is 0.102. The van der Waals surface area contributed by atoms with Crippen molar-refractivity contribution in [3.8, 4) is 9.88 Å². The number of para-hydroxylation sites is 2. The van der Waals surface area contributed by atoms with E-state index in [4.69, 9.17) is 0 Å². The molecule has 1 fully saturated rings. The minimum absolute atomic E-state index is 0.157. The number of hydrogen-bond donors (Lipinski definition) is 2. The van der Waals surface area contributed by atoms with Gasteiger partial charge in [-0.25, -0.2) is 4.98 Å². The number of aromatic nitrogens is 1. The highest BCUT2D eigenvalue weighted by atomic mass is 32.1. The van der Waals surface area contributed by atoms with Crippen molar-refractivity contribution in [3.63, 3.8) is 0 Å². The average Bonchev–Trinajstić information content (AvgIpc) is 3.41. The Kier molecular flexibility index (Phi) is 6.04. The maximum Gasteiger partial charge on any atom is 0.275 e. The summed E-state index contributed by atoms with van der Waals surface area (Å²) in [6, 6.07) is 12.1. The summed E-state index contributed by atoms with van der Waals surface area (Å²) in [5.41, 5.74) is 2.41. The van der Waals surface area contributed by atoms with Gasteiger partial charge in [0.1, 0.15) is 10.7 Å². The summed E-state index contributed by atoms with van der Waals surface area (Å²) in [5.74, 6) is 0.477. The number of amides is 1. The molecule has 1 aliphatic rings. The summed E-state index contributed by atoms with van der Waals surface area (Å²) in [5, 5.41) is 11.1. The van der Waals surface area contributed by atoms with Gasteiger partial charge in [0.2, 0.25) is 0 Å². The lowest BCUT2D eigenvalue weighted by atomic mass is 9.97. The largest absolute Gasteiger partial charge is 0.370 e. The molecule has 146 valence electrons. The Bertz CT molecular complexity index is 920. The lowest BCUT2D eigenvalue weighted by Gasteiger charge is -2.35. The molecule has 1 atom stereocenters. The highest BCUT2D eigenvalue weighted by molar-refractivity contribution is 7.20. The molecule has 28 heavy (non-hydrogen) atoms. The Hall–Kier alpha value is -2.22. The third kappa shape index (κ3) is 4.27. The molecule has 0 aliphatic carbocycles. The van der Waals surface area contributed by atoms with Gasteiger partial charge >= 0.3 is 0 Å². The van der Waals surface area contributed by atoms with Crippen molar-refractivity contribution in [1.29, 1.82) is 0 Å². The van der Waals surface area contributed by atoms with E-state index in [1.807, 2.05) is 48.1 Å². The molecule has 2 N–H and O–H groups in total. The predicted octanol–water partition coefficient (Wildman–Crippen LogP) is 4.56. The van der Waals surface area contributed by atoms with Crippen LogP contribution in [0.1, 0.15) is 23.3 Å². The molecule has 1 aromatic carbocycles. The van der Waals surface area contributed by atoms with Crippen LogP contribution in [0.3, 0.4) is 0 Å². The minimum Gasteiger partial charge on any atom is -0.370 e. The summed E-state index contributed by atoms with van der Waals surface area (Å²) in [4.78, 5) is 20.8. The van der Waals surface area contributed by atoms with Crippen molar-refractivity contribution in [2.45, 2.75) is 12.8 Å². The molecule has 1 unspecified atom stereocenters. The fourth-order valence-electron chi connectivity index (χ4n) is 3.67. The normalized spacial score (nSPS) is 16.9. The standard InChI is InChI=1S/C21H24N4OS2/c1-22-12-15-6-4-10-25(13-15)18-8-3-2-7-16(18)23-20(26)17-14-28-21(24-17)19-9-5-11-27-19/h2-3,5,7-9,11,14-15,22H,4,6,10,12-13H2,1H3,(H,23,26). The highest BCUT2D eigenvalue weighted by Crippen LogP contribution is 2.31. The molecule has 2 aromatic heterocycles. The Labute approximate surface area is 173 Å². The number of carbonyl (C=O) groups is 1. The molecule has 0 bridgehead atoms. The molecule has 4 rings (SSSR count). The van der Waals surface area contributed by atoms with E-state index in [0.717, 1.165) is 40.9 Å². The van der Waals surface area contributed by atoms with E-state index < -0.39 is 0 Å². The van der Waals surface area contributed by atoms with E-state index >= 15 is 0 Å². The number of thiazole rings is 1. The number of nitrogens with zero attached hydrogens (tertiary/aromatic N) is 2. The van der Waals surface area contributed by atoms with Crippen LogP contribution in [0.25, 0.3) is 9.88 Å². The summed E-state index contributed by atoms with van der Waals surface area (Å²) in [7, 11) is 2.01. The Morgan fingerprint density at radius 2 is 2.14 bits per heavy atom. The van der Waals surface area contributed by atoms with Gasteiger partial charge in [-0.2, -0.15) is 0 Å². The molecule has 1 saturated heterocycles. The number of hydrogen-bond acceptors (Lipinski definition) is 6. The predicted molar refractivity (Wildman–Crippen MR) is 119 cm³/mol. The number of thiophene rings is 1. The molecule has 0 spiro atoms. The van der Waals surface area contributed by atoms with Crippen molar-refractivity contribution in [1.82, 2.24) is 10.3 Å². The monoisotopic (exact) mass is 412 g/mol. The molecule has 1 aliphatic heterocycles. The first-order valence-corrected chi connectivity index (χ1v) is 11.3. The van der Waals surface area contributed by atoms with Crippen molar-refractivity contribution >= 4 is 40.0 Å². The van der Waals surface area contributed by atoms with Crippen LogP contribution in [0.5, 0.6) is 0 Å². The topological polar surface area (TPSA) is 57.3 Å². The van der Waals surface area contributed by atoms with Crippen LogP contribution in [0.15, 0.2) is 47.2 Å². The zero-order valence-electron chi connectivity index (χ0n) is 15.9. The SMILES string of the molecule is CNCC1CCCN(c2ccccc2NC(=O)c2csc(-c3cccs3)n2)C1. The number of piperidine rings is 1. The number of anilines is 2. The third-order valence-electron chi connectivity index (χ3n) is 4.97. The second-order valence-corrected chi connectivity index (χ2v) is 8.80. The van der Waals surface area contributed by atoms with E-state index in [0.29, 0.717) is 11.6 Å². The van der Waals surface area contributed by atoms with E-state index in [-0.39, 0.29) is 5.91 Å². The van der Waals surface area contributed by atoms with Crippen molar-refractivity contribution in [2.75, 3.05) is 36.9 Å². The number of rotatable bonds is 6. The first kappa shape index (κ1) is 19.1. The molecule has 0 saturated carbocycles. The van der Waals surface area contributed by atoms with E-state index in [1.54, 1.807) is 11.3 Å². The van der Waals surface area contributed by atoms with Gasteiger partial charge in [-0.1, -0.05) is 18.2 Å². The second-order valence-electron chi connectivity index (χ2n) is 7.00. The van der Waals surface area contributed by atoms with Crippen LogP contribution in [0.2, 0.25) is 0 Å². The molecule has 1 amide bonds. The van der Waals surface area contributed by atoms with Crippen LogP contribution < -0.4 is 15.5 Å². The lowest BCUT2D eigenvalue weighted by Crippen LogP contribution is -2.39. The van der Waals surface area contributed by atoms with Gasteiger partial charge in [0.25, 0.3) is 5.91 Å². The quantitative estimate of drug-likeness (QED) is 0.623. The molecule has 0 radical (unpaired) electrons. The van der Waals surface area contributed by atoms with Crippen molar-refractivity contribution in [3.05, 3.63) is 52.9 Å². The van der Waals surface area contributed by atoms with E-state index in [2.05, 4.69) is 26.6 Å². The first-order valence-electron chi connectivity index (χ1n) is 9.54. The van der Waals surface area contributed by atoms with Gasteiger partial charge in [-0.3, -0.25) is 4.79 Å². The number of benzene rings is 1. The second kappa shape index (κ2) is 8.86. The van der Waals surface area contributed by atoms with Crippen LogP contribution in [0, 0.1) is 5.92 Å². The third-order valence-corrected chi connectivity index (χ3v) is 6.85. The average molecular weight is 413 g/mol. The van der Waals surface area contributed by atoms with Crippen LogP contribution in [-0.2, 0) is 0 Å². The zero-order chi connectivity index (χ0) is 19.3. The fourth-order valence-corrected chi connectivity index (χ4v) is 5.29. The molecule has 7 heteroatoms. The Morgan fingerprint density at radius 3 is 2.96 bits per heavy atom. The smallest absolute Gasteiger partial charge is 0.275 e. The van der Waals surface area contributed by atoms with Gasteiger partial charge < -0.3 is 15.5 Å².